The number of hydrogen-bond acceptors (Lipinski definition) is 3. The van der Waals surface area contributed by atoms with Crippen molar-refractivity contribution < 1.29 is 4.39 Å². The van der Waals surface area contributed by atoms with Crippen molar-refractivity contribution in [1.82, 2.24) is 9.97 Å². The molecule has 2 rings (SSSR count). The maximum absolute atomic E-state index is 13.0. The molecular formula is C11H7BrCl2FN3. The molecule has 0 unspecified atom stereocenters. The van der Waals surface area contributed by atoms with E-state index >= 15 is 0 Å². The second-order valence-corrected chi connectivity index (χ2v) is 4.99. The van der Waals surface area contributed by atoms with Crippen LogP contribution in [0.15, 0.2) is 29.0 Å². The van der Waals surface area contributed by atoms with Gasteiger partial charge in [0.05, 0.1) is 9.50 Å². The summed E-state index contributed by atoms with van der Waals surface area (Å²) in [4.78, 5) is 7.85. The van der Waals surface area contributed by atoms with Crippen LogP contribution in [0.3, 0.4) is 0 Å². The van der Waals surface area contributed by atoms with Crippen LogP contribution in [0.1, 0.15) is 5.56 Å². The summed E-state index contributed by atoms with van der Waals surface area (Å²) < 4.78 is 13.6. The standard InChI is InChI=1S/C11H7BrCl2FN3/c12-9-10(14)17-5-18-11(9)16-4-6-1-2-8(15)7(13)3-6/h1-3,5H,4H2,(H,16,17,18). The first-order valence-electron chi connectivity index (χ1n) is 4.91. The van der Waals surface area contributed by atoms with Crippen molar-refractivity contribution in [2.24, 2.45) is 0 Å². The summed E-state index contributed by atoms with van der Waals surface area (Å²) in [5.41, 5.74) is 0.836. The summed E-state index contributed by atoms with van der Waals surface area (Å²) in [6, 6.07) is 4.52. The first-order valence-corrected chi connectivity index (χ1v) is 6.46. The van der Waals surface area contributed by atoms with Crippen molar-refractivity contribution in [2.75, 3.05) is 5.32 Å². The Balaban J connectivity index is 2.11. The molecule has 0 aliphatic heterocycles. The Morgan fingerprint density at radius 1 is 1.28 bits per heavy atom. The van der Waals surface area contributed by atoms with E-state index in [1.807, 2.05) is 0 Å². The molecule has 3 nitrogen and oxygen atoms in total. The first-order chi connectivity index (χ1) is 8.58. The molecule has 0 spiro atoms. The van der Waals surface area contributed by atoms with E-state index in [-0.39, 0.29) is 5.02 Å². The van der Waals surface area contributed by atoms with Gasteiger partial charge in [-0.15, -0.1) is 0 Å². The summed E-state index contributed by atoms with van der Waals surface area (Å²) in [6.07, 6.45) is 1.35. The van der Waals surface area contributed by atoms with Crippen molar-refractivity contribution in [3.05, 3.63) is 50.6 Å². The van der Waals surface area contributed by atoms with Gasteiger partial charge in [0.25, 0.3) is 0 Å². The molecule has 0 atom stereocenters. The van der Waals surface area contributed by atoms with E-state index in [9.17, 15) is 4.39 Å². The third-order valence-electron chi connectivity index (χ3n) is 2.19. The second-order valence-electron chi connectivity index (χ2n) is 3.43. The maximum Gasteiger partial charge on any atom is 0.148 e. The van der Waals surface area contributed by atoms with Crippen molar-refractivity contribution in [3.8, 4) is 0 Å². The van der Waals surface area contributed by atoms with E-state index in [1.54, 1.807) is 12.1 Å². The molecule has 0 amide bonds. The van der Waals surface area contributed by atoms with Gasteiger partial charge in [-0.25, -0.2) is 14.4 Å². The molecule has 0 bridgehead atoms. The minimum absolute atomic E-state index is 0.0917. The number of halogens is 4. The van der Waals surface area contributed by atoms with Gasteiger partial charge in [0.15, 0.2) is 0 Å². The van der Waals surface area contributed by atoms with E-state index < -0.39 is 5.82 Å². The van der Waals surface area contributed by atoms with E-state index in [4.69, 9.17) is 23.2 Å². The Labute approximate surface area is 121 Å². The lowest BCUT2D eigenvalue weighted by atomic mass is 10.2. The topological polar surface area (TPSA) is 37.8 Å². The number of rotatable bonds is 3. The fraction of sp³-hybridized carbons (Fsp3) is 0.0909. The smallest absolute Gasteiger partial charge is 0.148 e. The van der Waals surface area contributed by atoms with Crippen molar-refractivity contribution in [2.45, 2.75) is 6.54 Å². The Morgan fingerprint density at radius 3 is 2.78 bits per heavy atom. The highest BCUT2D eigenvalue weighted by atomic mass is 79.9. The molecule has 7 heteroatoms. The van der Waals surface area contributed by atoms with E-state index in [1.165, 1.54) is 12.4 Å². The molecule has 18 heavy (non-hydrogen) atoms. The molecular weight excluding hydrogens is 344 g/mol. The SMILES string of the molecule is Fc1ccc(CNc2ncnc(Cl)c2Br)cc1Cl. The lowest BCUT2D eigenvalue weighted by Crippen LogP contribution is -2.03. The highest BCUT2D eigenvalue weighted by Crippen LogP contribution is 2.26. The van der Waals surface area contributed by atoms with E-state index in [2.05, 4.69) is 31.2 Å². The third-order valence-corrected chi connectivity index (χ3v) is 3.75. The van der Waals surface area contributed by atoms with Gasteiger partial charge < -0.3 is 5.32 Å². The van der Waals surface area contributed by atoms with Crippen LogP contribution in [0.25, 0.3) is 0 Å². The highest BCUT2D eigenvalue weighted by Gasteiger charge is 2.07. The van der Waals surface area contributed by atoms with Gasteiger partial charge in [0.2, 0.25) is 0 Å². The highest BCUT2D eigenvalue weighted by molar-refractivity contribution is 9.10. The molecule has 0 saturated carbocycles. The quantitative estimate of drug-likeness (QED) is 0.839. The molecule has 1 aromatic carbocycles. The molecule has 1 heterocycles. The summed E-state index contributed by atoms with van der Waals surface area (Å²) in [6.45, 7) is 0.450. The van der Waals surface area contributed by atoms with Gasteiger partial charge in [-0.2, -0.15) is 0 Å². The zero-order valence-electron chi connectivity index (χ0n) is 8.92. The van der Waals surface area contributed by atoms with Crippen LogP contribution < -0.4 is 5.32 Å². The van der Waals surface area contributed by atoms with Crippen LogP contribution in [0.4, 0.5) is 10.2 Å². The molecule has 0 fully saturated rings. The van der Waals surface area contributed by atoms with Crippen LogP contribution >= 0.6 is 39.1 Å². The lowest BCUT2D eigenvalue weighted by Gasteiger charge is -2.08. The molecule has 94 valence electrons. The first kappa shape index (κ1) is 13.5. The fourth-order valence-electron chi connectivity index (χ4n) is 1.31. The summed E-state index contributed by atoms with van der Waals surface area (Å²) in [5, 5.41) is 3.47. The normalized spacial score (nSPS) is 10.4. The monoisotopic (exact) mass is 349 g/mol. The molecule has 0 aliphatic rings. The summed E-state index contributed by atoms with van der Waals surface area (Å²) in [7, 11) is 0. The average molecular weight is 351 g/mol. The number of aromatic nitrogens is 2. The maximum atomic E-state index is 13.0. The van der Waals surface area contributed by atoms with Crippen LogP contribution in [0.5, 0.6) is 0 Å². The van der Waals surface area contributed by atoms with E-state index in [0.717, 1.165) is 5.56 Å². The number of benzene rings is 1. The molecule has 1 N–H and O–H groups in total. The summed E-state index contributed by atoms with van der Waals surface area (Å²) >= 11 is 14.8. The lowest BCUT2D eigenvalue weighted by molar-refractivity contribution is 0.627. The van der Waals surface area contributed by atoms with Gasteiger partial charge in [-0.1, -0.05) is 29.3 Å². The number of nitrogens with one attached hydrogen (secondary N) is 1. The largest absolute Gasteiger partial charge is 0.365 e. The Bertz CT molecular complexity index is 580. The molecule has 0 radical (unpaired) electrons. The zero-order chi connectivity index (χ0) is 13.1. The van der Waals surface area contributed by atoms with Gasteiger partial charge in [-0.3, -0.25) is 0 Å². The van der Waals surface area contributed by atoms with Gasteiger partial charge in [-0.05, 0) is 33.6 Å². The van der Waals surface area contributed by atoms with E-state index in [0.29, 0.717) is 22.0 Å². The van der Waals surface area contributed by atoms with Crippen molar-refractivity contribution >= 4 is 44.9 Å². The molecule has 1 aromatic heterocycles. The molecule has 0 saturated heterocycles. The van der Waals surface area contributed by atoms with Crippen LogP contribution in [-0.2, 0) is 6.54 Å². The Morgan fingerprint density at radius 2 is 2.06 bits per heavy atom. The molecule has 2 aromatic rings. The third kappa shape index (κ3) is 3.10. The van der Waals surface area contributed by atoms with Crippen molar-refractivity contribution in [1.29, 1.82) is 0 Å². The Hall–Kier alpha value is -0.910. The minimum Gasteiger partial charge on any atom is -0.365 e. The average Bonchev–Trinajstić information content (AvgIpc) is 2.35. The van der Waals surface area contributed by atoms with Crippen LogP contribution in [-0.4, -0.2) is 9.97 Å². The van der Waals surface area contributed by atoms with Gasteiger partial charge >= 0.3 is 0 Å². The van der Waals surface area contributed by atoms with Crippen LogP contribution in [0.2, 0.25) is 10.2 Å². The summed E-state index contributed by atoms with van der Waals surface area (Å²) in [5.74, 6) is 0.127. The minimum atomic E-state index is -0.438. The zero-order valence-corrected chi connectivity index (χ0v) is 12.0. The molecule has 0 aliphatic carbocycles. The fourth-order valence-corrected chi connectivity index (χ4v) is 1.99. The number of nitrogens with zero attached hydrogens (tertiary/aromatic N) is 2. The predicted octanol–water partition coefficient (Wildman–Crippen LogP) is 4.30. The Kier molecular flexibility index (Phi) is 4.37. The van der Waals surface area contributed by atoms with Crippen LogP contribution in [0, 0.1) is 5.82 Å². The van der Waals surface area contributed by atoms with Gasteiger partial charge in [0, 0.05) is 6.54 Å². The second kappa shape index (κ2) is 5.82. The predicted molar refractivity (Wildman–Crippen MR) is 73.5 cm³/mol. The number of anilines is 1. The van der Waals surface area contributed by atoms with Gasteiger partial charge in [0.1, 0.15) is 23.1 Å². The number of hydrogen-bond donors (Lipinski definition) is 1. The van der Waals surface area contributed by atoms with Crippen molar-refractivity contribution in [3.63, 3.8) is 0 Å².